The van der Waals surface area contributed by atoms with Crippen molar-refractivity contribution in [3.05, 3.63) is 36.6 Å². The van der Waals surface area contributed by atoms with E-state index in [9.17, 15) is 14.4 Å². The summed E-state index contributed by atoms with van der Waals surface area (Å²) in [5, 5.41) is 6.28. The molecule has 0 radical (unpaired) electrons. The number of rotatable bonds is 13. The van der Waals surface area contributed by atoms with Crippen molar-refractivity contribution in [2.45, 2.75) is 138 Å². The quantitative estimate of drug-likeness (QED) is 0.126. The lowest BCUT2D eigenvalue weighted by atomic mass is 9.95. The molecule has 0 aliphatic carbocycles. The van der Waals surface area contributed by atoms with Gasteiger partial charge in [0.15, 0.2) is 0 Å². The van der Waals surface area contributed by atoms with E-state index in [2.05, 4.69) is 69.6 Å². The highest BCUT2D eigenvalue weighted by molar-refractivity contribution is 8.02. The van der Waals surface area contributed by atoms with Gasteiger partial charge in [-0.3, -0.25) is 14.4 Å². The van der Waals surface area contributed by atoms with E-state index < -0.39 is 0 Å². The molecule has 0 saturated carbocycles. The van der Waals surface area contributed by atoms with Gasteiger partial charge in [0, 0.05) is 9.49 Å². The lowest BCUT2D eigenvalue weighted by Gasteiger charge is -2.44. The molecule has 0 unspecified atom stereocenters. The van der Waals surface area contributed by atoms with Gasteiger partial charge < -0.3 is 20.4 Å². The third-order valence-electron chi connectivity index (χ3n) is 8.15. The first kappa shape index (κ1) is 32.6. The molecular formula is C31H50N4O3S2. The highest BCUT2D eigenvalue weighted by Gasteiger charge is 2.61. The Morgan fingerprint density at radius 3 is 1.73 bits per heavy atom. The Morgan fingerprint density at radius 1 is 0.775 bits per heavy atom. The van der Waals surface area contributed by atoms with Gasteiger partial charge in [-0.15, -0.1) is 23.5 Å². The van der Waals surface area contributed by atoms with Crippen LogP contribution in [0.25, 0.3) is 0 Å². The molecule has 6 atom stereocenters. The second-order valence-corrected chi connectivity index (χ2v) is 15.6. The molecule has 4 aliphatic rings. The molecule has 224 valence electrons. The van der Waals surface area contributed by atoms with E-state index in [1.807, 2.05) is 47.7 Å². The number of unbranched alkanes of at least 4 members (excludes halogenated alkanes) is 6. The molecule has 0 spiro atoms. The van der Waals surface area contributed by atoms with E-state index in [1.54, 1.807) is 11.8 Å². The average Bonchev–Trinajstić information content (AvgIpc) is 3.28. The normalized spacial score (nSPS) is 31.6. The van der Waals surface area contributed by atoms with Crippen LogP contribution in [0.3, 0.4) is 0 Å². The number of hydrogen-bond donors (Lipinski definition) is 2. The molecule has 4 rings (SSSR count). The summed E-state index contributed by atoms with van der Waals surface area (Å²) in [6, 6.07) is -0.0396. The van der Waals surface area contributed by atoms with Crippen molar-refractivity contribution in [2.24, 2.45) is 0 Å². The second-order valence-electron chi connectivity index (χ2n) is 12.0. The van der Waals surface area contributed by atoms with Crippen LogP contribution in [0.15, 0.2) is 36.6 Å². The number of carbonyl (C=O) groups excluding carboxylic acids is 3. The van der Waals surface area contributed by atoms with Gasteiger partial charge >= 0.3 is 0 Å². The maximum atomic E-state index is 12.5. The van der Waals surface area contributed by atoms with Crippen molar-refractivity contribution in [1.82, 2.24) is 20.4 Å². The van der Waals surface area contributed by atoms with E-state index in [0.29, 0.717) is 6.41 Å². The summed E-state index contributed by atoms with van der Waals surface area (Å²) < 4.78 is 0.0949. The number of fused-ring (bicyclic) bond motifs is 2. The van der Waals surface area contributed by atoms with Gasteiger partial charge in [-0.25, -0.2) is 0 Å². The summed E-state index contributed by atoms with van der Waals surface area (Å²) in [7, 11) is 0. The first-order chi connectivity index (χ1) is 19.1. The number of allylic oxidation sites excluding steroid dienone is 3. The Bertz CT molecular complexity index is 980. The molecule has 9 heteroatoms. The van der Waals surface area contributed by atoms with E-state index in [4.69, 9.17) is 0 Å². The zero-order valence-electron chi connectivity index (χ0n) is 25.4. The van der Waals surface area contributed by atoms with Crippen LogP contribution in [-0.4, -0.2) is 72.4 Å². The first-order valence-electron chi connectivity index (χ1n) is 14.9. The summed E-state index contributed by atoms with van der Waals surface area (Å²) >= 11 is 3.66. The van der Waals surface area contributed by atoms with Gasteiger partial charge in [0.1, 0.15) is 22.8 Å². The van der Waals surface area contributed by atoms with Crippen molar-refractivity contribution in [3.8, 4) is 0 Å². The van der Waals surface area contributed by atoms with Crippen LogP contribution < -0.4 is 10.6 Å². The van der Waals surface area contributed by atoms with Crippen molar-refractivity contribution in [1.29, 1.82) is 0 Å². The van der Waals surface area contributed by atoms with Crippen LogP contribution in [0.1, 0.15) is 93.4 Å². The molecule has 40 heavy (non-hydrogen) atoms. The standard InChI is InChI=1S/C20H34N2OS.C11H16N2O2S/c1-5-7-8-9-10-11-12-13-15-21-17-18(23)22-16(14-6-2)20(3,4)24-19(17)22;1-4-5-7-11(2,3)16-10-8(12-6-14)9(15)13(7)10/h6,13-17,19,21H,5,7-12H2,1-4H3;4-8,10H,1-3H3,(H,12,14)/b14-6?,15-13+;/t16-,17+,19+;7-,8+,10+/m00/s1. The van der Waals surface area contributed by atoms with Crippen LogP contribution >= 0.6 is 23.5 Å². The molecule has 0 bridgehead atoms. The number of hydrogen-bond acceptors (Lipinski definition) is 6. The third-order valence-corrected chi connectivity index (χ3v) is 11.3. The molecule has 7 nitrogen and oxygen atoms in total. The van der Waals surface area contributed by atoms with Crippen LogP contribution in [0.2, 0.25) is 0 Å². The van der Waals surface area contributed by atoms with Crippen molar-refractivity contribution in [3.63, 3.8) is 0 Å². The van der Waals surface area contributed by atoms with Gasteiger partial charge in [0.05, 0.1) is 12.1 Å². The molecule has 0 aromatic carbocycles. The van der Waals surface area contributed by atoms with Crippen LogP contribution in [0.4, 0.5) is 0 Å². The Morgan fingerprint density at radius 2 is 1.25 bits per heavy atom. The molecule has 3 amide bonds. The summed E-state index contributed by atoms with van der Waals surface area (Å²) in [4.78, 5) is 38.6. The molecule has 4 aliphatic heterocycles. The summed E-state index contributed by atoms with van der Waals surface area (Å²) in [6.07, 6.45) is 22.1. The maximum absolute atomic E-state index is 12.5. The van der Waals surface area contributed by atoms with Gasteiger partial charge in [-0.05, 0) is 60.6 Å². The predicted molar refractivity (Wildman–Crippen MR) is 169 cm³/mol. The fourth-order valence-corrected chi connectivity index (χ4v) is 9.20. The Kier molecular flexibility index (Phi) is 11.7. The predicted octanol–water partition coefficient (Wildman–Crippen LogP) is 5.59. The molecule has 4 heterocycles. The maximum Gasteiger partial charge on any atom is 0.249 e. The minimum absolute atomic E-state index is 0.00610. The number of thioether (sulfide) groups is 2. The number of nitrogens with zero attached hydrogens (tertiary/aromatic N) is 2. The van der Waals surface area contributed by atoms with Crippen LogP contribution in [0.5, 0.6) is 0 Å². The Hall–Kier alpha value is -1.87. The number of β-lactam (4-membered cyclic amide) rings is 2. The molecule has 4 saturated heterocycles. The number of carbonyl (C=O) groups is 3. The highest BCUT2D eigenvalue weighted by atomic mass is 32.2. The first-order valence-corrected chi connectivity index (χ1v) is 16.7. The molecule has 0 aromatic rings. The molecule has 2 N–H and O–H groups in total. The minimum atomic E-state index is -0.336. The average molecular weight is 591 g/mol. The number of amides is 3. The zero-order chi connectivity index (χ0) is 29.5. The Balaban J connectivity index is 0.000000238. The lowest BCUT2D eigenvalue weighted by Crippen LogP contribution is -2.68. The largest absolute Gasteiger partial charge is 0.378 e. The zero-order valence-corrected chi connectivity index (χ0v) is 27.0. The fraction of sp³-hybridized carbons (Fsp3) is 0.710. The summed E-state index contributed by atoms with van der Waals surface area (Å²) in [5.74, 6) is 0.267. The van der Waals surface area contributed by atoms with Gasteiger partial charge in [-0.1, -0.05) is 69.4 Å². The van der Waals surface area contributed by atoms with E-state index in [0.717, 1.165) is 6.42 Å². The molecule has 4 fully saturated rings. The molecule has 0 aromatic heterocycles. The van der Waals surface area contributed by atoms with Gasteiger partial charge in [0.2, 0.25) is 18.2 Å². The monoisotopic (exact) mass is 590 g/mol. The van der Waals surface area contributed by atoms with E-state index in [-0.39, 0.29) is 56.2 Å². The smallest absolute Gasteiger partial charge is 0.249 e. The fourth-order valence-electron chi connectivity index (χ4n) is 5.94. The van der Waals surface area contributed by atoms with Crippen molar-refractivity contribution < 1.29 is 14.4 Å². The Labute approximate surface area is 250 Å². The van der Waals surface area contributed by atoms with Crippen LogP contribution in [-0.2, 0) is 14.4 Å². The third kappa shape index (κ3) is 6.94. The lowest BCUT2D eigenvalue weighted by molar-refractivity contribution is -0.148. The second kappa shape index (κ2) is 14.3. The molecular weight excluding hydrogens is 541 g/mol. The topological polar surface area (TPSA) is 81.8 Å². The van der Waals surface area contributed by atoms with Crippen molar-refractivity contribution >= 4 is 41.7 Å². The van der Waals surface area contributed by atoms with E-state index in [1.165, 1.54) is 38.5 Å². The summed E-state index contributed by atoms with van der Waals surface area (Å²) in [6.45, 7) is 15.0. The van der Waals surface area contributed by atoms with Crippen LogP contribution in [0, 0.1) is 0 Å². The van der Waals surface area contributed by atoms with E-state index >= 15 is 0 Å². The van der Waals surface area contributed by atoms with Crippen molar-refractivity contribution in [2.75, 3.05) is 0 Å². The SMILES string of the molecule is CC=C[C@@H]1N2C(=O)[C@@H](N/C=C/CCCCCCCC)[C@H]2SC1(C)C.CC=C[C@@H]1N2C(=O)[C@@H](NC=O)[C@H]2SC1(C)C. The van der Waals surface area contributed by atoms with Gasteiger partial charge in [-0.2, -0.15) is 0 Å². The highest BCUT2D eigenvalue weighted by Crippen LogP contribution is 2.52. The minimum Gasteiger partial charge on any atom is -0.378 e. The summed E-state index contributed by atoms with van der Waals surface area (Å²) in [5.41, 5.74) is 0. The number of nitrogens with one attached hydrogen (secondary N) is 2. The van der Waals surface area contributed by atoms with Gasteiger partial charge in [0.25, 0.3) is 0 Å².